The summed E-state index contributed by atoms with van der Waals surface area (Å²) in [6.45, 7) is 4.62. The molecule has 0 saturated carbocycles. The van der Waals surface area contributed by atoms with Gasteiger partial charge >= 0.3 is 11.8 Å². The molecule has 11 nitrogen and oxygen atoms in total. The van der Waals surface area contributed by atoms with Crippen molar-refractivity contribution in [2.24, 2.45) is 0 Å². The maximum atomic E-state index is 11.6. The van der Waals surface area contributed by atoms with Gasteiger partial charge < -0.3 is 4.74 Å². The Hall–Kier alpha value is -2.21. The summed E-state index contributed by atoms with van der Waals surface area (Å²) < 4.78 is 32.3. The van der Waals surface area contributed by atoms with E-state index < -0.39 is 32.4 Å². The lowest BCUT2D eigenvalue weighted by Gasteiger charge is -2.18. The highest BCUT2D eigenvalue weighted by Crippen LogP contribution is 2.22. The fourth-order valence-electron chi connectivity index (χ4n) is 1.43. The summed E-state index contributed by atoms with van der Waals surface area (Å²) in [7, 11) is -3.62. The Morgan fingerprint density at radius 1 is 1.48 bits per heavy atom. The number of nitrogens with one attached hydrogen (secondary N) is 1. The lowest BCUT2D eigenvalue weighted by atomic mass is 10.2. The molecule has 0 saturated heterocycles. The van der Waals surface area contributed by atoms with Crippen molar-refractivity contribution in [2.75, 3.05) is 18.2 Å². The molecule has 1 N–H and O–H groups in total. The molecular weight excluding hydrogens is 332 g/mol. The molecule has 0 fully saturated rings. The summed E-state index contributed by atoms with van der Waals surface area (Å²) in [5.41, 5.74) is -1.22. The van der Waals surface area contributed by atoms with Gasteiger partial charge in [0.2, 0.25) is 5.82 Å². The van der Waals surface area contributed by atoms with Crippen LogP contribution in [0.25, 0.3) is 0 Å². The fraction of sp³-hybridized carbons (Fsp3) is 0.636. The largest absolute Gasteiger partial charge is 0.444 e. The van der Waals surface area contributed by atoms with Gasteiger partial charge in [-0.05, 0) is 20.8 Å². The van der Waals surface area contributed by atoms with Gasteiger partial charge in [-0.15, -0.1) is 5.10 Å². The number of aromatic nitrogens is 2. The first-order valence-electron chi connectivity index (χ1n) is 6.43. The molecule has 1 rings (SSSR count). The predicted octanol–water partition coefficient (Wildman–Crippen LogP) is 1.11. The lowest BCUT2D eigenvalue weighted by molar-refractivity contribution is -0.384. The number of carbonyl (C=O) groups excluding carboxylic acids is 1. The van der Waals surface area contributed by atoms with E-state index in [1.54, 1.807) is 20.8 Å². The van der Waals surface area contributed by atoms with E-state index in [0.29, 0.717) is 0 Å². The van der Waals surface area contributed by atoms with Crippen molar-refractivity contribution < 1.29 is 27.1 Å². The molecule has 1 heterocycles. The van der Waals surface area contributed by atoms with Crippen molar-refractivity contribution in [3.8, 4) is 0 Å². The summed E-state index contributed by atoms with van der Waals surface area (Å²) in [5, 5.41) is 17.0. The third-order valence-corrected chi connectivity index (χ3v) is 2.77. The molecule has 0 aromatic carbocycles. The average Bonchev–Trinajstić information content (AvgIpc) is 2.67. The van der Waals surface area contributed by atoms with Crippen molar-refractivity contribution in [1.29, 1.82) is 0 Å². The van der Waals surface area contributed by atoms with E-state index in [4.69, 9.17) is 4.74 Å². The van der Waals surface area contributed by atoms with E-state index >= 15 is 0 Å². The normalized spacial score (nSPS) is 12.0. The molecule has 0 atom stereocenters. The summed E-state index contributed by atoms with van der Waals surface area (Å²) in [6.07, 6.45) is 1.05. The monoisotopic (exact) mass is 350 g/mol. The number of rotatable bonds is 6. The first kappa shape index (κ1) is 18.8. The number of nitrogens with zero attached hydrogens (tertiary/aromatic N) is 3. The first-order valence-corrected chi connectivity index (χ1v) is 8.25. The third kappa shape index (κ3) is 7.06. The number of hydrogen-bond donors (Lipinski definition) is 1. The zero-order valence-electron chi connectivity index (χ0n) is 13.1. The van der Waals surface area contributed by atoms with Gasteiger partial charge in [0.25, 0.3) is 10.1 Å². The van der Waals surface area contributed by atoms with Crippen LogP contribution in [0.4, 0.5) is 16.3 Å². The van der Waals surface area contributed by atoms with Crippen LogP contribution in [-0.2, 0) is 25.6 Å². The molecule has 1 aromatic heterocycles. The van der Waals surface area contributed by atoms with Crippen LogP contribution in [0.15, 0.2) is 6.20 Å². The molecular formula is C11H18N4O7S. The van der Waals surface area contributed by atoms with E-state index in [1.165, 1.54) is 0 Å². The number of amides is 1. The van der Waals surface area contributed by atoms with Crippen LogP contribution in [0.1, 0.15) is 20.8 Å². The van der Waals surface area contributed by atoms with E-state index in [9.17, 15) is 23.3 Å². The van der Waals surface area contributed by atoms with Gasteiger partial charge in [0.05, 0.1) is 24.3 Å². The number of nitro groups is 1. The van der Waals surface area contributed by atoms with Gasteiger partial charge in [-0.25, -0.2) is 4.79 Å². The molecule has 0 aliphatic rings. The van der Waals surface area contributed by atoms with Crippen molar-refractivity contribution in [2.45, 2.75) is 32.9 Å². The Kier molecular flexibility index (Phi) is 5.66. The maximum absolute atomic E-state index is 11.6. The summed E-state index contributed by atoms with van der Waals surface area (Å²) in [5.74, 6) is -0.302. The lowest BCUT2D eigenvalue weighted by Crippen LogP contribution is -2.27. The standard InChI is InChI=1S/C11H18N4O7S/c1-11(2,3)22-10(16)12-9-8(15(17)18)7-14(13-9)5-6-21-23(4,19)20/h7H,5-6H2,1-4H3,(H,12,13,16). The van der Waals surface area contributed by atoms with Crippen LogP contribution >= 0.6 is 0 Å². The second-order valence-corrected chi connectivity index (χ2v) is 7.18. The molecule has 0 aliphatic carbocycles. The molecule has 0 radical (unpaired) electrons. The molecule has 130 valence electrons. The molecule has 1 amide bonds. The van der Waals surface area contributed by atoms with E-state index in [0.717, 1.165) is 17.1 Å². The number of anilines is 1. The highest BCUT2D eigenvalue weighted by atomic mass is 32.2. The molecule has 0 bridgehead atoms. The smallest absolute Gasteiger partial charge is 0.413 e. The van der Waals surface area contributed by atoms with Crippen molar-refractivity contribution in [3.63, 3.8) is 0 Å². The van der Waals surface area contributed by atoms with Crippen LogP contribution in [0.3, 0.4) is 0 Å². The third-order valence-electron chi connectivity index (χ3n) is 2.18. The predicted molar refractivity (Wildman–Crippen MR) is 79.5 cm³/mol. The fourth-order valence-corrected chi connectivity index (χ4v) is 1.81. The van der Waals surface area contributed by atoms with E-state index in [1.807, 2.05) is 0 Å². The van der Waals surface area contributed by atoms with Crippen LogP contribution in [0, 0.1) is 10.1 Å². The van der Waals surface area contributed by atoms with Gasteiger partial charge in [0, 0.05) is 0 Å². The van der Waals surface area contributed by atoms with Crippen molar-refractivity contribution in [1.82, 2.24) is 9.78 Å². The van der Waals surface area contributed by atoms with Crippen LogP contribution < -0.4 is 5.32 Å². The van der Waals surface area contributed by atoms with Gasteiger partial charge in [-0.2, -0.15) is 8.42 Å². The Morgan fingerprint density at radius 2 is 2.09 bits per heavy atom. The molecule has 0 unspecified atom stereocenters. The zero-order chi connectivity index (χ0) is 17.8. The SMILES string of the molecule is CC(C)(C)OC(=O)Nc1nn(CCOS(C)(=O)=O)cc1[N+](=O)[O-]. The zero-order valence-corrected chi connectivity index (χ0v) is 13.9. The number of carbonyl (C=O) groups is 1. The maximum Gasteiger partial charge on any atom is 0.413 e. The van der Waals surface area contributed by atoms with Gasteiger partial charge in [0.1, 0.15) is 11.8 Å². The quantitative estimate of drug-likeness (QED) is 0.456. The molecule has 12 heteroatoms. The topological polar surface area (TPSA) is 143 Å². The van der Waals surface area contributed by atoms with E-state index in [2.05, 4.69) is 14.6 Å². The highest BCUT2D eigenvalue weighted by Gasteiger charge is 2.24. The van der Waals surface area contributed by atoms with Crippen LogP contribution in [-0.4, -0.2) is 47.7 Å². The molecule has 23 heavy (non-hydrogen) atoms. The Balaban J connectivity index is 2.82. The van der Waals surface area contributed by atoms with Gasteiger partial charge in [0.15, 0.2) is 0 Å². The summed E-state index contributed by atoms with van der Waals surface area (Å²) >= 11 is 0. The van der Waals surface area contributed by atoms with Gasteiger partial charge in [-0.3, -0.25) is 24.3 Å². The van der Waals surface area contributed by atoms with Crippen LogP contribution in [0.2, 0.25) is 0 Å². The van der Waals surface area contributed by atoms with Crippen molar-refractivity contribution >= 4 is 27.7 Å². The van der Waals surface area contributed by atoms with Crippen molar-refractivity contribution in [3.05, 3.63) is 16.3 Å². The first-order chi connectivity index (χ1) is 10.4. The molecule has 0 aliphatic heterocycles. The molecule has 1 aromatic rings. The summed E-state index contributed by atoms with van der Waals surface area (Å²) in [4.78, 5) is 21.9. The minimum atomic E-state index is -3.62. The second kappa shape index (κ2) is 6.91. The molecule has 0 spiro atoms. The number of hydrogen-bond acceptors (Lipinski definition) is 8. The second-order valence-electron chi connectivity index (χ2n) is 5.54. The van der Waals surface area contributed by atoms with E-state index in [-0.39, 0.29) is 19.0 Å². The Morgan fingerprint density at radius 3 is 2.57 bits per heavy atom. The average molecular weight is 350 g/mol. The number of ether oxygens (including phenoxy) is 1. The van der Waals surface area contributed by atoms with Gasteiger partial charge in [-0.1, -0.05) is 0 Å². The Bertz CT molecular complexity index is 690. The summed E-state index contributed by atoms with van der Waals surface area (Å²) in [6, 6.07) is 0. The highest BCUT2D eigenvalue weighted by molar-refractivity contribution is 7.85. The minimum Gasteiger partial charge on any atom is -0.444 e. The minimum absolute atomic E-state index is 0.0517. The Labute approximate surface area is 132 Å². The van der Waals surface area contributed by atoms with Crippen LogP contribution in [0.5, 0.6) is 0 Å².